The van der Waals surface area contributed by atoms with Crippen molar-refractivity contribution >= 4 is 5.69 Å². The SMILES string of the molecule is CCC(Oc1cccc(N2CCCCC2)c1)C(CCN1CCOCC1)C(F)(F)F. The Morgan fingerprint density at radius 3 is 2.45 bits per heavy atom. The molecule has 0 spiro atoms. The smallest absolute Gasteiger partial charge is 0.395 e. The van der Waals surface area contributed by atoms with Gasteiger partial charge in [0.2, 0.25) is 0 Å². The molecule has 2 atom stereocenters. The van der Waals surface area contributed by atoms with E-state index in [1.165, 1.54) is 6.42 Å². The summed E-state index contributed by atoms with van der Waals surface area (Å²) in [6.45, 7) is 6.74. The van der Waals surface area contributed by atoms with Crippen molar-refractivity contribution in [3.05, 3.63) is 24.3 Å². The number of ether oxygens (including phenoxy) is 2. The highest BCUT2D eigenvalue weighted by atomic mass is 19.4. The third kappa shape index (κ3) is 6.51. The van der Waals surface area contributed by atoms with Gasteiger partial charge in [0, 0.05) is 37.9 Å². The highest BCUT2D eigenvalue weighted by Crippen LogP contribution is 2.36. The predicted octanol–water partition coefficient (Wildman–Crippen LogP) is 4.74. The first-order valence-corrected chi connectivity index (χ1v) is 10.9. The van der Waals surface area contributed by atoms with E-state index in [0.717, 1.165) is 31.6 Å². The topological polar surface area (TPSA) is 24.9 Å². The summed E-state index contributed by atoms with van der Waals surface area (Å²) in [6, 6.07) is 7.55. The van der Waals surface area contributed by atoms with E-state index in [4.69, 9.17) is 9.47 Å². The maximum atomic E-state index is 13.9. The molecule has 0 N–H and O–H groups in total. The summed E-state index contributed by atoms with van der Waals surface area (Å²) < 4.78 is 52.8. The van der Waals surface area contributed by atoms with Crippen LogP contribution in [0.2, 0.25) is 0 Å². The molecule has 1 aromatic rings. The molecule has 29 heavy (non-hydrogen) atoms. The number of rotatable bonds is 8. The van der Waals surface area contributed by atoms with Crippen LogP contribution in [-0.2, 0) is 4.74 Å². The first-order chi connectivity index (χ1) is 14.0. The number of morpholine rings is 1. The van der Waals surface area contributed by atoms with Gasteiger partial charge in [-0.05, 0) is 50.8 Å². The number of anilines is 1. The molecule has 2 aliphatic rings. The van der Waals surface area contributed by atoms with Crippen LogP contribution in [0.5, 0.6) is 5.75 Å². The summed E-state index contributed by atoms with van der Waals surface area (Å²) in [4.78, 5) is 4.34. The van der Waals surface area contributed by atoms with E-state index < -0.39 is 18.2 Å². The third-order valence-electron chi connectivity index (χ3n) is 5.96. The van der Waals surface area contributed by atoms with E-state index in [2.05, 4.69) is 4.90 Å². The van der Waals surface area contributed by atoms with Crippen molar-refractivity contribution in [3.63, 3.8) is 0 Å². The lowest BCUT2D eigenvalue weighted by atomic mass is 9.95. The van der Waals surface area contributed by atoms with Crippen molar-refractivity contribution in [2.24, 2.45) is 5.92 Å². The third-order valence-corrected chi connectivity index (χ3v) is 5.96. The van der Waals surface area contributed by atoms with Crippen LogP contribution in [0, 0.1) is 5.92 Å². The number of benzene rings is 1. The van der Waals surface area contributed by atoms with Gasteiger partial charge in [-0.2, -0.15) is 13.2 Å². The minimum absolute atomic E-state index is 0.0494. The molecule has 4 nitrogen and oxygen atoms in total. The number of piperidine rings is 1. The molecular weight excluding hydrogens is 381 g/mol. The van der Waals surface area contributed by atoms with E-state index in [1.54, 1.807) is 13.0 Å². The van der Waals surface area contributed by atoms with Gasteiger partial charge >= 0.3 is 6.18 Å². The largest absolute Gasteiger partial charge is 0.490 e. The van der Waals surface area contributed by atoms with Gasteiger partial charge in [-0.3, -0.25) is 4.90 Å². The van der Waals surface area contributed by atoms with E-state index in [1.807, 2.05) is 23.1 Å². The molecule has 2 saturated heterocycles. The van der Waals surface area contributed by atoms with Gasteiger partial charge in [0.25, 0.3) is 0 Å². The molecule has 2 unspecified atom stereocenters. The summed E-state index contributed by atoms with van der Waals surface area (Å²) in [5, 5.41) is 0. The fourth-order valence-corrected chi connectivity index (χ4v) is 4.24. The van der Waals surface area contributed by atoms with Gasteiger partial charge in [-0.1, -0.05) is 13.0 Å². The van der Waals surface area contributed by atoms with Crippen LogP contribution >= 0.6 is 0 Å². The summed E-state index contributed by atoms with van der Waals surface area (Å²) in [6.07, 6.45) is -1.25. The van der Waals surface area contributed by atoms with Gasteiger partial charge in [-0.25, -0.2) is 0 Å². The van der Waals surface area contributed by atoms with E-state index in [9.17, 15) is 13.2 Å². The highest BCUT2D eigenvalue weighted by molar-refractivity contribution is 5.51. The molecule has 2 fully saturated rings. The zero-order chi connectivity index (χ0) is 20.7. The molecule has 0 saturated carbocycles. The van der Waals surface area contributed by atoms with Crippen LogP contribution < -0.4 is 9.64 Å². The molecule has 0 bridgehead atoms. The van der Waals surface area contributed by atoms with Crippen LogP contribution in [0.3, 0.4) is 0 Å². The average Bonchev–Trinajstić information content (AvgIpc) is 2.73. The average molecular weight is 415 g/mol. The second-order valence-corrected chi connectivity index (χ2v) is 8.00. The van der Waals surface area contributed by atoms with Crippen molar-refractivity contribution in [1.82, 2.24) is 4.90 Å². The Hall–Kier alpha value is -1.47. The fourth-order valence-electron chi connectivity index (χ4n) is 4.24. The Morgan fingerprint density at radius 2 is 1.79 bits per heavy atom. The molecule has 164 valence electrons. The first-order valence-electron chi connectivity index (χ1n) is 10.9. The van der Waals surface area contributed by atoms with Crippen molar-refractivity contribution in [2.45, 2.75) is 51.3 Å². The zero-order valence-electron chi connectivity index (χ0n) is 17.3. The summed E-state index contributed by atoms with van der Waals surface area (Å²) in [5.41, 5.74) is 1.04. The molecule has 7 heteroatoms. The second kappa shape index (κ2) is 10.5. The number of alkyl halides is 3. The fraction of sp³-hybridized carbons (Fsp3) is 0.727. The molecule has 0 aliphatic carbocycles. The quantitative estimate of drug-likeness (QED) is 0.614. The second-order valence-electron chi connectivity index (χ2n) is 8.00. The molecule has 3 rings (SSSR count). The van der Waals surface area contributed by atoms with E-state index in [-0.39, 0.29) is 6.42 Å². The summed E-state index contributed by atoms with van der Waals surface area (Å²) >= 11 is 0. The lowest BCUT2D eigenvalue weighted by molar-refractivity contribution is -0.199. The highest BCUT2D eigenvalue weighted by Gasteiger charge is 2.45. The van der Waals surface area contributed by atoms with Crippen molar-refractivity contribution in [2.75, 3.05) is 50.8 Å². The predicted molar refractivity (Wildman–Crippen MR) is 109 cm³/mol. The molecule has 2 heterocycles. The van der Waals surface area contributed by atoms with Gasteiger partial charge in [0.05, 0.1) is 19.1 Å². The van der Waals surface area contributed by atoms with E-state index in [0.29, 0.717) is 45.0 Å². The molecule has 0 radical (unpaired) electrons. The van der Waals surface area contributed by atoms with Gasteiger partial charge in [0.1, 0.15) is 11.9 Å². The molecule has 1 aromatic carbocycles. The maximum Gasteiger partial charge on any atom is 0.395 e. The Labute approximate surface area is 172 Å². The standard InChI is InChI=1S/C22H33F3N2O2/c1-2-21(20(22(23,24)25)9-12-26-13-15-28-16-14-26)29-19-8-6-7-18(17-19)27-10-4-3-5-11-27/h6-8,17,20-21H,2-5,9-16H2,1H3. The Kier molecular flexibility index (Phi) is 8.07. The van der Waals surface area contributed by atoms with Gasteiger partial charge < -0.3 is 14.4 Å². The molecule has 0 amide bonds. The van der Waals surface area contributed by atoms with Crippen LogP contribution in [0.1, 0.15) is 39.0 Å². The molecular formula is C22H33F3N2O2. The van der Waals surface area contributed by atoms with Crippen molar-refractivity contribution < 1.29 is 22.6 Å². The Morgan fingerprint density at radius 1 is 1.07 bits per heavy atom. The lowest BCUT2D eigenvalue weighted by Gasteiger charge is -2.33. The summed E-state index contributed by atoms with van der Waals surface area (Å²) in [5.74, 6) is -0.950. The lowest BCUT2D eigenvalue weighted by Crippen LogP contribution is -2.42. The number of nitrogens with zero attached hydrogens (tertiary/aromatic N) is 2. The summed E-state index contributed by atoms with van der Waals surface area (Å²) in [7, 11) is 0. The minimum atomic E-state index is -4.28. The van der Waals surface area contributed by atoms with Crippen LogP contribution in [0.15, 0.2) is 24.3 Å². The Bertz CT molecular complexity index is 614. The maximum absolute atomic E-state index is 13.9. The van der Waals surface area contributed by atoms with Crippen molar-refractivity contribution in [3.8, 4) is 5.75 Å². The molecule has 0 aromatic heterocycles. The zero-order valence-corrected chi connectivity index (χ0v) is 17.3. The monoisotopic (exact) mass is 414 g/mol. The minimum Gasteiger partial charge on any atom is -0.490 e. The van der Waals surface area contributed by atoms with Crippen LogP contribution in [0.4, 0.5) is 18.9 Å². The first kappa shape index (κ1) is 22.2. The molecule has 2 aliphatic heterocycles. The van der Waals surface area contributed by atoms with Crippen molar-refractivity contribution in [1.29, 1.82) is 0 Å². The number of halogens is 3. The van der Waals surface area contributed by atoms with Crippen LogP contribution in [-0.4, -0.2) is 63.1 Å². The van der Waals surface area contributed by atoms with Gasteiger partial charge in [0.15, 0.2) is 0 Å². The van der Waals surface area contributed by atoms with Gasteiger partial charge in [-0.15, -0.1) is 0 Å². The Balaban J connectivity index is 1.66. The normalized spacial score (nSPS) is 21.0. The van der Waals surface area contributed by atoms with E-state index >= 15 is 0 Å². The number of hydrogen-bond donors (Lipinski definition) is 0. The number of hydrogen-bond acceptors (Lipinski definition) is 4. The van der Waals surface area contributed by atoms with Crippen LogP contribution in [0.25, 0.3) is 0 Å².